The molecule has 0 saturated carbocycles. The van der Waals surface area contributed by atoms with Gasteiger partial charge < -0.3 is 10.5 Å². The minimum Gasteiger partial charge on any atom is -0.495 e. The van der Waals surface area contributed by atoms with Gasteiger partial charge in [0.25, 0.3) is 0 Å². The summed E-state index contributed by atoms with van der Waals surface area (Å²) in [5.74, 6) is 0.390. The topological polar surface area (TPSA) is 65.2 Å². The number of hydrogen-bond acceptors (Lipinski definition) is 4. The van der Waals surface area contributed by atoms with E-state index in [9.17, 15) is 4.79 Å². The van der Waals surface area contributed by atoms with Crippen LogP contribution in [0.25, 0.3) is 0 Å². The maximum Gasteiger partial charge on any atom is 0.195 e. The second-order valence-electron chi connectivity index (χ2n) is 3.68. The van der Waals surface area contributed by atoms with Gasteiger partial charge >= 0.3 is 0 Å². The monoisotopic (exact) mass is 306 g/mol. The first-order valence-corrected chi connectivity index (χ1v) is 6.00. The Morgan fingerprint density at radius 1 is 1.33 bits per heavy atom. The van der Waals surface area contributed by atoms with Crippen molar-refractivity contribution in [2.45, 2.75) is 0 Å². The summed E-state index contributed by atoms with van der Waals surface area (Å²) in [7, 11) is 1.53. The van der Waals surface area contributed by atoms with Crippen LogP contribution in [0, 0.1) is 0 Å². The van der Waals surface area contributed by atoms with Gasteiger partial charge in [0.05, 0.1) is 13.3 Å². The quantitative estimate of drug-likeness (QED) is 0.699. The Kier molecular flexibility index (Phi) is 3.62. The van der Waals surface area contributed by atoms with Crippen LogP contribution in [0.1, 0.15) is 15.9 Å². The molecule has 18 heavy (non-hydrogen) atoms. The molecular weight excluding hydrogens is 296 g/mol. The highest BCUT2D eigenvalue weighted by molar-refractivity contribution is 9.10. The normalized spacial score (nSPS) is 10.1. The number of ether oxygens (including phenoxy) is 1. The van der Waals surface area contributed by atoms with E-state index in [-0.39, 0.29) is 5.78 Å². The van der Waals surface area contributed by atoms with Gasteiger partial charge in [0.1, 0.15) is 5.75 Å². The van der Waals surface area contributed by atoms with Crippen LogP contribution in [0.15, 0.2) is 41.1 Å². The van der Waals surface area contributed by atoms with Crippen LogP contribution in [0.3, 0.4) is 0 Å². The molecule has 4 nitrogen and oxygen atoms in total. The first kappa shape index (κ1) is 12.6. The van der Waals surface area contributed by atoms with Gasteiger partial charge in [-0.1, -0.05) is 15.9 Å². The number of carbonyl (C=O) groups is 1. The summed E-state index contributed by atoms with van der Waals surface area (Å²) in [4.78, 5) is 16.3. The minimum atomic E-state index is -0.152. The summed E-state index contributed by atoms with van der Waals surface area (Å²) in [5.41, 5.74) is 7.19. The van der Waals surface area contributed by atoms with Gasteiger partial charge in [0.15, 0.2) is 5.78 Å². The van der Waals surface area contributed by atoms with Crippen LogP contribution < -0.4 is 10.5 Å². The summed E-state index contributed by atoms with van der Waals surface area (Å²) in [6, 6.07) is 6.75. The molecule has 0 unspecified atom stereocenters. The number of rotatable bonds is 3. The third-order valence-electron chi connectivity index (χ3n) is 2.45. The van der Waals surface area contributed by atoms with E-state index in [1.54, 1.807) is 30.5 Å². The SMILES string of the molecule is COc1cncc(C(=O)c2cc(N)ccc2Br)c1. The van der Waals surface area contributed by atoms with Crippen molar-refractivity contribution in [1.82, 2.24) is 4.98 Å². The minimum absolute atomic E-state index is 0.152. The first-order chi connectivity index (χ1) is 8.61. The molecule has 0 amide bonds. The number of halogens is 1. The molecule has 92 valence electrons. The van der Waals surface area contributed by atoms with E-state index in [0.717, 1.165) is 0 Å². The maximum absolute atomic E-state index is 12.3. The van der Waals surface area contributed by atoms with Gasteiger partial charge in [0.2, 0.25) is 0 Å². The third-order valence-corrected chi connectivity index (χ3v) is 3.14. The Morgan fingerprint density at radius 3 is 2.83 bits per heavy atom. The number of benzene rings is 1. The molecule has 2 aromatic rings. The number of anilines is 1. The molecule has 1 aromatic carbocycles. The average Bonchev–Trinajstić information content (AvgIpc) is 2.41. The molecule has 0 bridgehead atoms. The number of nitrogens with two attached hydrogens (primary N) is 1. The second-order valence-corrected chi connectivity index (χ2v) is 4.54. The predicted molar refractivity (Wildman–Crippen MR) is 72.8 cm³/mol. The van der Waals surface area contributed by atoms with Gasteiger partial charge in [-0.15, -0.1) is 0 Å². The number of pyridine rings is 1. The Balaban J connectivity index is 2.44. The van der Waals surface area contributed by atoms with Crippen LogP contribution in [-0.4, -0.2) is 17.9 Å². The molecule has 1 aromatic heterocycles. The highest BCUT2D eigenvalue weighted by Crippen LogP contribution is 2.23. The lowest BCUT2D eigenvalue weighted by atomic mass is 10.0. The fraction of sp³-hybridized carbons (Fsp3) is 0.0769. The van der Waals surface area contributed by atoms with Gasteiger partial charge in [-0.05, 0) is 24.3 Å². The molecule has 0 fully saturated rings. The van der Waals surface area contributed by atoms with Gasteiger partial charge in [-0.25, -0.2) is 0 Å². The van der Waals surface area contributed by atoms with E-state index in [1.165, 1.54) is 13.3 Å². The zero-order chi connectivity index (χ0) is 13.1. The largest absolute Gasteiger partial charge is 0.495 e. The summed E-state index contributed by atoms with van der Waals surface area (Å²) in [6.07, 6.45) is 3.05. The van der Waals surface area contributed by atoms with E-state index >= 15 is 0 Å². The van der Waals surface area contributed by atoms with Gasteiger partial charge in [0, 0.05) is 27.5 Å². The lowest BCUT2D eigenvalue weighted by Crippen LogP contribution is -2.04. The van der Waals surface area contributed by atoms with Crippen LogP contribution in [0.5, 0.6) is 5.75 Å². The highest BCUT2D eigenvalue weighted by Gasteiger charge is 2.14. The summed E-state index contributed by atoms with van der Waals surface area (Å²) >= 11 is 3.34. The molecule has 0 atom stereocenters. The van der Waals surface area contributed by atoms with Crippen LogP contribution in [-0.2, 0) is 0 Å². The van der Waals surface area contributed by atoms with Crippen molar-refractivity contribution in [3.05, 3.63) is 52.3 Å². The van der Waals surface area contributed by atoms with E-state index in [1.807, 2.05) is 0 Å². The van der Waals surface area contributed by atoms with E-state index in [4.69, 9.17) is 10.5 Å². The number of carbonyl (C=O) groups excluding carboxylic acids is 1. The predicted octanol–water partition coefficient (Wildman–Crippen LogP) is 2.67. The molecule has 0 saturated heterocycles. The summed E-state index contributed by atoms with van der Waals surface area (Å²) in [6.45, 7) is 0. The molecule has 0 radical (unpaired) electrons. The number of aromatic nitrogens is 1. The lowest BCUT2D eigenvalue weighted by molar-refractivity contribution is 0.103. The summed E-state index contributed by atoms with van der Waals surface area (Å²) in [5, 5.41) is 0. The van der Waals surface area contributed by atoms with Crippen LogP contribution in [0.2, 0.25) is 0 Å². The Labute approximate surface area is 113 Å². The standard InChI is InChI=1S/C13H11BrN2O2/c1-18-10-4-8(6-16-7-10)13(17)11-5-9(15)2-3-12(11)14/h2-7H,15H2,1H3. The molecule has 2 N–H and O–H groups in total. The Hall–Kier alpha value is -1.88. The van der Waals surface area contributed by atoms with E-state index in [0.29, 0.717) is 27.0 Å². The highest BCUT2D eigenvalue weighted by atomic mass is 79.9. The maximum atomic E-state index is 12.3. The van der Waals surface area contributed by atoms with Crippen molar-refractivity contribution in [3.63, 3.8) is 0 Å². The summed E-state index contributed by atoms with van der Waals surface area (Å²) < 4.78 is 5.74. The Bertz CT molecular complexity index is 599. The van der Waals surface area contributed by atoms with Gasteiger partial charge in [-0.2, -0.15) is 0 Å². The van der Waals surface area contributed by atoms with Crippen molar-refractivity contribution < 1.29 is 9.53 Å². The number of ketones is 1. The molecule has 5 heteroatoms. The average molecular weight is 307 g/mol. The molecule has 0 aliphatic heterocycles. The zero-order valence-electron chi connectivity index (χ0n) is 9.68. The zero-order valence-corrected chi connectivity index (χ0v) is 11.3. The van der Waals surface area contributed by atoms with E-state index in [2.05, 4.69) is 20.9 Å². The number of nitrogens with zero attached hydrogens (tertiary/aromatic N) is 1. The van der Waals surface area contributed by atoms with Crippen LogP contribution >= 0.6 is 15.9 Å². The molecule has 0 spiro atoms. The van der Waals surface area contributed by atoms with Crippen molar-refractivity contribution >= 4 is 27.4 Å². The molecular formula is C13H11BrN2O2. The molecule has 2 rings (SSSR count). The van der Waals surface area contributed by atoms with Crippen molar-refractivity contribution in [1.29, 1.82) is 0 Å². The number of methoxy groups -OCH3 is 1. The smallest absolute Gasteiger partial charge is 0.195 e. The van der Waals surface area contributed by atoms with Crippen molar-refractivity contribution in [3.8, 4) is 5.75 Å². The number of nitrogen functional groups attached to an aromatic ring is 1. The number of hydrogen-bond donors (Lipinski definition) is 1. The third kappa shape index (κ3) is 2.51. The lowest BCUT2D eigenvalue weighted by Gasteiger charge is -2.06. The first-order valence-electron chi connectivity index (χ1n) is 5.20. The second kappa shape index (κ2) is 5.18. The van der Waals surface area contributed by atoms with E-state index < -0.39 is 0 Å². The fourth-order valence-electron chi connectivity index (χ4n) is 1.53. The Morgan fingerprint density at radius 2 is 2.11 bits per heavy atom. The van der Waals surface area contributed by atoms with Crippen LogP contribution in [0.4, 0.5) is 5.69 Å². The van der Waals surface area contributed by atoms with Gasteiger partial charge in [-0.3, -0.25) is 9.78 Å². The van der Waals surface area contributed by atoms with Crippen molar-refractivity contribution in [2.75, 3.05) is 12.8 Å². The molecule has 1 heterocycles. The molecule has 0 aliphatic rings. The molecule has 0 aliphatic carbocycles. The fourth-order valence-corrected chi connectivity index (χ4v) is 1.95. The van der Waals surface area contributed by atoms with Crippen molar-refractivity contribution in [2.24, 2.45) is 0 Å².